The SMILES string of the molecule is Cl.Cl.NC(N)=N/N=C\c1ccc(-c2cc(-c3ccc(/C=N\N=C(N)N)cc3)[nH]n2)cc1. The van der Waals surface area contributed by atoms with Gasteiger partial charge in [0.15, 0.2) is 0 Å². The van der Waals surface area contributed by atoms with Crippen molar-refractivity contribution in [1.29, 1.82) is 0 Å². The Bertz CT molecular complexity index is 990. The van der Waals surface area contributed by atoms with Gasteiger partial charge in [-0.1, -0.05) is 48.5 Å². The number of H-pyrrole nitrogens is 1. The van der Waals surface area contributed by atoms with Gasteiger partial charge < -0.3 is 22.9 Å². The smallest absolute Gasteiger partial charge is 0.211 e. The number of benzene rings is 2. The van der Waals surface area contributed by atoms with Gasteiger partial charge in [-0.25, -0.2) is 0 Å². The highest BCUT2D eigenvalue weighted by molar-refractivity contribution is 5.86. The molecule has 12 heteroatoms. The number of aromatic amines is 1. The monoisotopic (exact) mass is 460 g/mol. The third-order valence-electron chi connectivity index (χ3n) is 3.77. The Hall–Kier alpha value is -3.89. The lowest BCUT2D eigenvalue weighted by Gasteiger charge is -1.98. The van der Waals surface area contributed by atoms with E-state index in [4.69, 9.17) is 22.9 Å². The molecule has 162 valence electrons. The second-order valence-corrected chi connectivity index (χ2v) is 5.95. The molecule has 0 atom stereocenters. The lowest BCUT2D eigenvalue weighted by Crippen LogP contribution is -2.21. The van der Waals surface area contributed by atoms with Gasteiger partial charge in [-0.15, -0.1) is 35.0 Å². The van der Waals surface area contributed by atoms with Crippen molar-refractivity contribution in [2.75, 3.05) is 0 Å². The zero-order chi connectivity index (χ0) is 20.6. The lowest BCUT2D eigenvalue weighted by molar-refractivity contribution is 1.10. The number of guanidine groups is 2. The van der Waals surface area contributed by atoms with Crippen LogP contribution in [-0.2, 0) is 0 Å². The Morgan fingerprint density at radius 1 is 0.710 bits per heavy atom. The summed E-state index contributed by atoms with van der Waals surface area (Å²) in [7, 11) is 0. The molecule has 0 aliphatic carbocycles. The van der Waals surface area contributed by atoms with E-state index in [1.165, 1.54) is 0 Å². The Kier molecular flexibility index (Phi) is 9.70. The van der Waals surface area contributed by atoms with Gasteiger partial charge in [0.05, 0.1) is 23.8 Å². The predicted molar refractivity (Wildman–Crippen MR) is 131 cm³/mol. The van der Waals surface area contributed by atoms with Crippen LogP contribution in [0.1, 0.15) is 11.1 Å². The van der Waals surface area contributed by atoms with Gasteiger partial charge in [0.25, 0.3) is 0 Å². The van der Waals surface area contributed by atoms with Gasteiger partial charge in [-0.2, -0.15) is 15.3 Å². The molecule has 31 heavy (non-hydrogen) atoms. The summed E-state index contributed by atoms with van der Waals surface area (Å²) in [4.78, 5) is 0. The molecular weight excluding hydrogens is 439 g/mol. The van der Waals surface area contributed by atoms with E-state index in [9.17, 15) is 0 Å². The molecule has 10 nitrogen and oxygen atoms in total. The molecule has 0 aliphatic rings. The number of halogens is 2. The highest BCUT2D eigenvalue weighted by Crippen LogP contribution is 2.24. The molecule has 1 heterocycles. The molecule has 3 rings (SSSR count). The lowest BCUT2D eigenvalue weighted by atomic mass is 10.1. The molecule has 2 aromatic carbocycles. The first-order valence-electron chi connectivity index (χ1n) is 8.51. The van der Waals surface area contributed by atoms with E-state index < -0.39 is 0 Å². The first-order valence-corrected chi connectivity index (χ1v) is 8.51. The minimum absolute atomic E-state index is 0. The number of aromatic nitrogens is 2. The summed E-state index contributed by atoms with van der Waals surface area (Å²) < 4.78 is 0. The maximum Gasteiger partial charge on any atom is 0.211 e. The number of nitrogens with one attached hydrogen (secondary N) is 1. The molecule has 0 amide bonds. The quantitative estimate of drug-likeness (QED) is 0.213. The number of hydrogen-bond acceptors (Lipinski definition) is 5. The van der Waals surface area contributed by atoms with E-state index in [1.54, 1.807) is 12.4 Å². The highest BCUT2D eigenvalue weighted by atomic mass is 35.5. The van der Waals surface area contributed by atoms with E-state index in [2.05, 4.69) is 30.6 Å². The van der Waals surface area contributed by atoms with E-state index in [1.807, 2.05) is 54.6 Å². The molecule has 1 aromatic heterocycles. The molecule has 0 fully saturated rings. The fraction of sp³-hybridized carbons (Fsp3) is 0. The van der Waals surface area contributed by atoms with Crippen LogP contribution in [0.15, 0.2) is 75.0 Å². The van der Waals surface area contributed by atoms with Gasteiger partial charge >= 0.3 is 0 Å². The molecule has 0 radical (unpaired) electrons. The Morgan fingerprint density at radius 2 is 1.16 bits per heavy atom. The van der Waals surface area contributed by atoms with Crippen molar-refractivity contribution < 1.29 is 0 Å². The maximum atomic E-state index is 5.23. The second-order valence-electron chi connectivity index (χ2n) is 5.95. The molecular formula is C19H22Cl2N10. The summed E-state index contributed by atoms with van der Waals surface area (Å²) in [5.74, 6) is -0.173. The topological polar surface area (TPSA) is 182 Å². The first-order chi connectivity index (χ1) is 14.0. The summed E-state index contributed by atoms with van der Waals surface area (Å²) in [5.41, 5.74) is 26.3. The van der Waals surface area contributed by atoms with Gasteiger partial charge in [-0.05, 0) is 22.8 Å². The van der Waals surface area contributed by atoms with Crippen LogP contribution in [0.4, 0.5) is 0 Å². The van der Waals surface area contributed by atoms with Crippen LogP contribution >= 0.6 is 24.8 Å². The number of rotatable bonds is 6. The molecule has 0 saturated heterocycles. The number of nitrogens with two attached hydrogens (primary N) is 4. The standard InChI is InChI=1S/C19H20N10.2ClH/c20-18(21)28-24-10-12-1-5-14(6-2-12)16-9-17(27-26-16)15-7-3-13(4-8-15)11-25-29-19(22)23;;/h1-11H,(H,26,27)(H4,20,21,28)(H4,22,23,29);2*1H/b24-10-,25-11-;;. The molecule has 0 aliphatic heterocycles. The predicted octanol–water partition coefficient (Wildman–Crippen LogP) is 1.80. The highest BCUT2D eigenvalue weighted by Gasteiger charge is 2.06. The third-order valence-corrected chi connectivity index (χ3v) is 3.77. The largest absolute Gasteiger partial charge is 0.369 e. The summed E-state index contributed by atoms with van der Waals surface area (Å²) in [6.07, 6.45) is 3.14. The first kappa shape index (κ1) is 25.1. The van der Waals surface area contributed by atoms with E-state index in [0.717, 1.165) is 33.6 Å². The van der Waals surface area contributed by atoms with Crippen molar-refractivity contribution in [2.45, 2.75) is 0 Å². The summed E-state index contributed by atoms with van der Waals surface area (Å²) in [5, 5.41) is 22.1. The van der Waals surface area contributed by atoms with E-state index in [-0.39, 0.29) is 36.7 Å². The molecule has 0 spiro atoms. The Morgan fingerprint density at radius 3 is 1.61 bits per heavy atom. The van der Waals surface area contributed by atoms with Crippen LogP contribution in [0.3, 0.4) is 0 Å². The molecule has 3 aromatic rings. The van der Waals surface area contributed by atoms with Gasteiger partial charge in [0.2, 0.25) is 11.9 Å². The number of hydrogen-bond donors (Lipinski definition) is 5. The second kappa shape index (κ2) is 12.0. The van der Waals surface area contributed by atoms with Crippen LogP contribution in [0.5, 0.6) is 0 Å². The van der Waals surface area contributed by atoms with Crippen LogP contribution < -0.4 is 22.9 Å². The Labute approximate surface area is 191 Å². The maximum absolute atomic E-state index is 5.23. The fourth-order valence-electron chi connectivity index (χ4n) is 2.43. The zero-order valence-corrected chi connectivity index (χ0v) is 17.8. The molecule has 0 bridgehead atoms. The van der Waals surface area contributed by atoms with Crippen LogP contribution in [-0.4, -0.2) is 34.5 Å². The van der Waals surface area contributed by atoms with E-state index in [0.29, 0.717) is 0 Å². The Balaban J connectivity index is 0.00000240. The normalized spacial score (nSPS) is 10.3. The van der Waals surface area contributed by atoms with Crippen molar-refractivity contribution in [3.05, 3.63) is 65.7 Å². The average Bonchev–Trinajstić information content (AvgIpc) is 3.19. The third kappa shape index (κ3) is 7.46. The van der Waals surface area contributed by atoms with Crippen LogP contribution in [0.2, 0.25) is 0 Å². The zero-order valence-electron chi connectivity index (χ0n) is 16.2. The van der Waals surface area contributed by atoms with Crippen molar-refractivity contribution in [3.8, 4) is 22.5 Å². The minimum atomic E-state index is -0.0870. The molecule has 0 saturated carbocycles. The molecule has 0 unspecified atom stereocenters. The van der Waals surface area contributed by atoms with Crippen molar-refractivity contribution in [1.82, 2.24) is 10.2 Å². The van der Waals surface area contributed by atoms with Crippen LogP contribution in [0, 0.1) is 0 Å². The summed E-state index contributed by atoms with van der Waals surface area (Å²) in [6, 6.07) is 17.4. The van der Waals surface area contributed by atoms with Crippen LogP contribution in [0.25, 0.3) is 22.5 Å². The summed E-state index contributed by atoms with van der Waals surface area (Å²) in [6.45, 7) is 0. The average molecular weight is 461 g/mol. The number of nitrogens with zero attached hydrogens (tertiary/aromatic N) is 5. The van der Waals surface area contributed by atoms with Gasteiger partial charge in [0, 0.05) is 5.56 Å². The van der Waals surface area contributed by atoms with Crippen molar-refractivity contribution >= 4 is 49.2 Å². The minimum Gasteiger partial charge on any atom is -0.369 e. The van der Waals surface area contributed by atoms with Gasteiger partial charge in [-0.3, -0.25) is 5.10 Å². The van der Waals surface area contributed by atoms with Crippen molar-refractivity contribution in [2.24, 2.45) is 43.3 Å². The molecule has 9 N–H and O–H groups in total. The fourth-order valence-corrected chi connectivity index (χ4v) is 2.43. The van der Waals surface area contributed by atoms with Gasteiger partial charge in [0.1, 0.15) is 0 Å². The van der Waals surface area contributed by atoms with E-state index >= 15 is 0 Å². The summed E-state index contributed by atoms with van der Waals surface area (Å²) >= 11 is 0. The van der Waals surface area contributed by atoms with Crippen molar-refractivity contribution in [3.63, 3.8) is 0 Å².